The Morgan fingerprint density at radius 1 is 1.64 bits per heavy atom. The van der Waals surface area contributed by atoms with Crippen molar-refractivity contribution in [2.45, 2.75) is 6.42 Å². The van der Waals surface area contributed by atoms with E-state index in [-0.39, 0.29) is 5.78 Å². The third-order valence-electron chi connectivity index (χ3n) is 1.79. The molecule has 0 amide bonds. The van der Waals surface area contributed by atoms with Crippen molar-refractivity contribution in [2.24, 2.45) is 0 Å². The number of nitrogens with zero attached hydrogens (tertiary/aromatic N) is 1. The van der Waals surface area contributed by atoms with Crippen molar-refractivity contribution in [1.29, 1.82) is 0 Å². The highest BCUT2D eigenvalue weighted by Crippen LogP contribution is 2.16. The van der Waals surface area contributed by atoms with Gasteiger partial charge in [-0.05, 0) is 18.4 Å². The summed E-state index contributed by atoms with van der Waals surface area (Å²) in [6.45, 7) is 0. The number of carbonyl (C=O) groups is 1. The number of ether oxygens (including phenoxy) is 1. The van der Waals surface area contributed by atoms with E-state index in [0.717, 1.165) is 5.75 Å². The highest BCUT2D eigenvalue weighted by atomic mass is 32.2. The highest BCUT2D eigenvalue weighted by molar-refractivity contribution is 7.98. The Kier molecular flexibility index (Phi) is 4.46. The lowest BCUT2D eigenvalue weighted by Gasteiger charge is -2.04. The summed E-state index contributed by atoms with van der Waals surface area (Å²) in [7, 11) is 1.54. The van der Waals surface area contributed by atoms with E-state index in [1.807, 2.05) is 6.26 Å². The van der Waals surface area contributed by atoms with Crippen LogP contribution in [-0.2, 0) is 0 Å². The fourth-order valence-corrected chi connectivity index (χ4v) is 1.47. The summed E-state index contributed by atoms with van der Waals surface area (Å²) in [5.41, 5.74) is 0.434. The van der Waals surface area contributed by atoms with Crippen molar-refractivity contribution in [1.82, 2.24) is 4.98 Å². The predicted octanol–water partition coefficient (Wildman–Crippen LogP) is 2.03. The van der Waals surface area contributed by atoms with Gasteiger partial charge in [-0.1, -0.05) is 0 Å². The van der Waals surface area contributed by atoms with Crippen molar-refractivity contribution in [3.63, 3.8) is 0 Å². The number of hydrogen-bond donors (Lipinski definition) is 0. The van der Waals surface area contributed by atoms with Crippen LogP contribution in [0.5, 0.6) is 5.75 Å². The molecule has 0 aliphatic rings. The van der Waals surface area contributed by atoms with Crippen molar-refractivity contribution in [3.8, 4) is 5.75 Å². The Bertz CT molecular complexity index is 315. The minimum atomic E-state index is 0.0387. The zero-order chi connectivity index (χ0) is 10.4. The van der Waals surface area contributed by atoms with Gasteiger partial charge >= 0.3 is 0 Å². The SMILES string of the molecule is COc1cccnc1C(=O)CCSC. The molecule has 0 atom stereocenters. The normalized spacial score (nSPS) is 9.86. The molecule has 1 heterocycles. The van der Waals surface area contributed by atoms with E-state index in [1.165, 1.54) is 0 Å². The Hall–Kier alpha value is -1.03. The summed E-state index contributed by atoms with van der Waals surface area (Å²) in [5.74, 6) is 1.41. The molecule has 14 heavy (non-hydrogen) atoms. The molecule has 0 radical (unpaired) electrons. The lowest BCUT2D eigenvalue weighted by Crippen LogP contribution is -2.05. The van der Waals surface area contributed by atoms with E-state index < -0.39 is 0 Å². The van der Waals surface area contributed by atoms with Gasteiger partial charge in [-0.25, -0.2) is 4.98 Å². The maximum atomic E-state index is 11.6. The first-order valence-electron chi connectivity index (χ1n) is 4.30. The molecule has 0 saturated carbocycles. The van der Waals surface area contributed by atoms with Crippen LogP contribution in [0, 0.1) is 0 Å². The van der Waals surface area contributed by atoms with Gasteiger partial charge < -0.3 is 4.74 Å². The van der Waals surface area contributed by atoms with E-state index in [1.54, 1.807) is 37.2 Å². The summed E-state index contributed by atoms with van der Waals surface area (Å²) >= 11 is 1.65. The molecule has 0 unspecified atom stereocenters. The standard InChI is InChI=1S/C10H13NO2S/c1-13-9-4-3-6-11-10(9)8(12)5-7-14-2/h3-4,6H,5,7H2,1-2H3. The second-order valence-electron chi connectivity index (χ2n) is 2.72. The minimum Gasteiger partial charge on any atom is -0.494 e. The van der Waals surface area contributed by atoms with Crippen LogP contribution >= 0.6 is 11.8 Å². The number of rotatable bonds is 5. The zero-order valence-electron chi connectivity index (χ0n) is 8.32. The van der Waals surface area contributed by atoms with Gasteiger partial charge in [0.25, 0.3) is 0 Å². The molecule has 1 aromatic heterocycles. The van der Waals surface area contributed by atoms with Gasteiger partial charge in [-0.3, -0.25) is 4.79 Å². The maximum absolute atomic E-state index is 11.6. The Morgan fingerprint density at radius 3 is 3.07 bits per heavy atom. The van der Waals surface area contributed by atoms with Gasteiger partial charge in [0.2, 0.25) is 0 Å². The Labute approximate surface area is 87.9 Å². The lowest BCUT2D eigenvalue weighted by atomic mass is 10.2. The average molecular weight is 211 g/mol. The molecule has 0 aromatic carbocycles. The van der Waals surface area contributed by atoms with Gasteiger partial charge in [0.1, 0.15) is 11.4 Å². The van der Waals surface area contributed by atoms with Gasteiger partial charge in [0.15, 0.2) is 5.78 Å². The smallest absolute Gasteiger partial charge is 0.185 e. The van der Waals surface area contributed by atoms with Crippen molar-refractivity contribution < 1.29 is 9.53 Å². The van der Waals surface area contributed by atoms with Crippen LogP contribution in [0.4, 0.5) is 0 Å². The van der Waals surface area contributed by atoms with Gasteiger partial charge in [0.05, 0.1) is 7.11 Å². The first-order valence-corrected chi connectivity index (χ1v) is 5.70. The molecular weight excluding hydrogens is 198 g/mol. The number of pyridine rings is 1. The fourth-order valence-electron chi connectivity index (χ4n) is 1.08. The summed E-state index contributed by atoms with van der Waals surface area (Å²) in [4.78, 5) is 15.6. The topological polar surface area (TPSA) is 39.2 Å². The molecule has 1 aromatic rings. The third kappa shape index (κ3) is 2.73. The van der Waals surface area contributed by atoms with Crippen LogP contribution < -0.4 is 4.74 Å². The molecule has 0 aliphatic carbocycles. The quantitative estimate of drug-likeness (QED) is 0.698. The molecule has 0 aliphatic heterocycles. The molecule has 3 nitrogen and oxygen atoms in total. The number of hydrogen-bond acceptors (Lipinski definition) is 4. The van der Waals surface area contributed by atoms with E-state index >= 15 is 0 Å². The van der Waals surface area contributed by atoms with Gasteiger partial charge in [0, 0.05) is 18.4 Å². The van der Waals surface area contributed by atoms with E-state index in [4.69, 9.17) is 4.74 Å². The van der Waals surface area contributed by atoms with Crippen LogP contribution in [0.25, 0.3) is 0 Å². The van der Waals surface area contributed by atoms with Crippen LogP contribution in [-0.4, -0.2) is 29.9 Å². The van der Waals surface area contributed by atoms with E-state index in [9.17, 15) is 4.79 Å². The largest absolute Gasteiger partial charge is 0.494 e. The lowest BCUT2D eigenvalue weighted by molar-refractivity contribution is 0.0981. The second kappa shape index (κ2) is 5.65. The number of ketones is 1. The van der Waals surface area contributed by atoms with Gasteiger partial charge in [-0.15, -0.1) is 0 Å². The van der Waals surface area contributed by atoms with Crippen molar-refractivity contribution >= 4 is 17.5 Å². The number of thioether (sulfide) groups is 1. The van der Waals surface area contributed by atoms with Crippen LogP contribution in [0.15, 0.2) is 18.3 Å². The van der Waals surface area contributed by atoms with Crippen molar-refractivity contribution in [3.05, 3.63) is 24.0 Å². The molecule has 0 N–H and O–H groups in total. The molecule has 0 saturated heterocycles. The average Bonchev–Trinajstić information content (AvgIpc) is 2.25. The summed E-state index contributed by atoms with van der Waals surface area (Å²) < 4.78 is 5.06. The first kappa shape index (κ1) is 11.0. The van der Waals surface area contributed by atoms with Gasteiger partial charge in [-0.2, -0.15) is 11.8 Å². The summed E-state index contributed by atoms with van der Waals surface area (Å²) in [5, 5.41) is 0. The summed E-state index contributed by atoms with van der Waals surface area (Å²) in [6.07, 6.45) is 4.09. The Morgan fingerprint density at radius 2 is 2.43 bits per heavy atom. The van der Waals surface area contributed by atoms with Crippen LogP contribution in [0.2, 0.25) is 0 Å². The molecular formula is C10H13NO2S. The molecule has 0 fully saturated rings. The predicted molar refractivity (Wildman–Crippen MR) is 58.1 cm³/mol. The molecule has 1 rings (SSSR count). The number of Topliss-reactive ketones (excluding diaryl/α,β-unsaturated/α-hetero) is 1. The number of methoxy groups -OCH3 is 1. The second-order valence-corrected chi connectivity index (χ2v) is 3.71. The molecule has 76 valence electrons. The fraction of sp³-hybridized carbons (Fsp3) is 0.400. The van der Waals surface area contributed by atoms with Crippen LogP contribution in [0.1, 0.15) is 16.9 Å². The summed E-state index contributed by atoms with van der Waals surface area (Å²) in [6, 6.07) is 3.50. The van der Waals surface area contributed by atoms with E-state index in [2.05, 4.69) is 4.98 Å². The van der Waals surface area contributed by atoms with Crippen molar-refractivity contribution in [2.75, 3.05) is 19.1 Å². The maximum Gasteiger partial charge on any atom is 0.185 e. The number of aromatic nitrogens is 1. The Balaban J connectivity index is 2.78. The first-order chi connectivity index (χ1) is 6.79. The van der Waals surface area contributed by atoms with E-state index in [0.29, 0.717) is 17.9 Å². The van der Waals surface area contributed by atoms with Crippen LogP contribution in [0.3, 0.4) is 0 Å². The highest BCUT2D eigenvalue weighted by Gasteiger charge is 2.12. The molecule has 0 bridgehead atoms. The number of carbonyl (C=O) groups excluding carboxylic acids is 1. The minimum absolute atomic E-state index is 0.0387. The zero-order valence-corrected chi connectivity index (χ0v) is 9.13. The molecule has 4 heteroatoms. The third-order valence-corrected chi connectivity index (χ3v) is 2.40. The monoisotopic (exact) mass is 211 g/mol. The molecule has 0 spiro atoms.